The van der Waals surface area contributed by atoms with Crippen LogP contribution >= 0.6 is 11.3 Å². The van der Waals surface area contributed by atoms with Gasteiger partial charge in [-0.05, 0) is 37.6 Å². The van der Waals surface area contributed by atoms with Crippen LogP contribution in [0, 0.1) is 0 Å². The molecule has 0 aliphatic rings. The van der Waals surface area contributed by atoms with E-state index in [0.29, 0.717) is 6.54 Å². The van der Waals surface area contributed by atoms with Crippen LogP contribution in [0.2, 0.25) is 0 Å². The summed E-state index contributed by atoms with van der Waals surface area (Å²) in [6, 6.07) is 14.0. The number of benzene rings is 1. The molecular formula is C18H19NO3S. The van der Waals surface area contributed by atoms with Crippen molar-refractivity contribution in [3.05, 3.63) is 53.4 Å². The number of hydrogen-bond donors (Lipinski definition) is 1. The van der Waals surface area contributed by atoms with Gasteiger partial charge in [-0.25, -0.2) is 4.79 Å². The molecule has 0 aliphatic carbocycles. The number of amides is 1. The van der Waals surface area contributed by atoms with E-state index in [0.717, 1.165) is 15.3 Å². The maximum atomic E-state index is 11.7. The Morgan fingerprint density at radius 2 is 1.96 bits per heavy atom. The fourth-order valence-corrected chi connectivity index (χ4v) is 2.85. The minimum absolute atomic E-state index is 0.295. The van der Waals surface area contributed by atoms with E-state index < -0.39 is 12.1 Å². The molecule has 1 unspecified atom stereocenters. The second-order valence-corrected chi connectivity index (χ2v) is 5.99. The first kappa shape index (κ1) is 17.0. The largest absolute Gasteiger partial charge is 0.449 e. The van der Waals surface area contributed by atoms with Gasteiger partial charge in [-0.2, -0.15) is 0 Å². The summed E-state index contributed by atoms with van der Waals surface area (Å²) in [5, 5.41) is 2.61. The second kappa shape index (κ2) is 8.29. The molecule has 5 heteroatoms. The first-order valence-electron chi connectivity index (χ1n) is 7.42. The predicted octanol–water partition coefficient (Wildman–Crippen LogP) is 3.50. The van der Waals surface area contributed by atoms with Gasteiger partial charge in [0.1, 0.15) is 0 Å². The molecule has 1 heterocycles. The lowest BCUT2D eigenvalue weighted by molar-refractivity contribution is -0.150. The summed E-state index contributed by atoms with van der Waals surface area (Å²) in [4.78, 5) is 25.3. The van der Waals surface area contributed by atoms with Gasteiger partial charge in [-0.1, -0.05) is 30.3 Å². The summed E-state index contributed by atoms with van der Waals surface area (Å²) in [6.07, 6.45) is 2.25. The molecule has 1 atom stereocenters. The Morgan fingerprint density at radius 3 is 2.65 bits per heavy atom. The SMILES string of the molecule is CCNC(=O)C(C)OC(=O)/C=C/c1ccc(-c2ccccc2)s1. The second-order valence-electron chi connectivity index (χ2n) is 4.88. The third kappa shape index (κ3) is 5.07. The smallest absolute Gasteiger partial charge is 0.331 e. The molecule has 0 spiro atoms. The molecule has 1 amide bonds. The highest BCUT2D eigenvalue weighted by molar-refractivity contribution is 7.16. The Labute approximate surface area is 139 Å². The van der Waals surface area contributed by atoms with E-state index in [4.69, 9.17) is 4.74 Å². The molecule has 0 saturated carbocycles. The van der Waals surface area contributed by atoms with Crippen molar-refractivity contribution in [2.75, 3.05) is 6.54 Å². The summed E-state index contributed by atoms with van der Waals surface area (Å²) >= 11 is 1.59. The number of carbonyl (C=O) groups is 2. The Hall–Kier alpha value is -2.40. The highest BCUT2D eigenvalue weighted by Crippen LogP contribution is 2.28. The van der Waals surface area contributed by atoms with E-state index in [1.165, 1.54) is 6.08 Å². The van der Waals surface area contributed by atoms with Gasteiger partial charge >= 0.3 is 5.97 Å². The van der Waals surface area contributed by atoms with Crippen molar-refractivity contribution in [1.82, 2.24) is 5.32 Å². The van der Waals surface area contributed by atoms with Crippen molar-refractivity contribution in [2.24, 2.45) is 0 Å². The van der Waals surface area contributed by atoms with Gasteiger partial charge in [0, 0.05) is 22.4 Å². The normalized spacial score (nSPS) is 12.1. The zero-order valence-corrected chi connectivity index (χ0v) is 13.9. The van der Waals surface area contributed by atoms with Gasteiger partial charge in [0.15, 0.2) is 6.10 Å². The molecule has 1 N–H and O–H groups in total. The monoisotopic (exact) mass is 329 g/mol. The maximum absolute atomic E-state index is 11.7. The first-order valence-corrected chi connectivity index (χ1v) is 8.23. The summed E-state index contributed by atoms with van der Waals surface area (Å²) in [7, 11) is 0. The minimum Gasteiger partial charge on any atom is -0.449 e. The molecule has 2 aromatic rings. The molecule has 0 radical (unpaired) electrons. The van der Waals surface area contributed by atoms with Crippen molar-refractivity contribution in [3.8, 4) is 10.4 Å². The van der Waals surface area contributed by atoms with Crippen LogP contribution in [-0.2, 0) is 14.3 Å². The summed E-state index contributed by atoms with van der Waals surface area (Å²) in [5.41, 5.74) is 1.14. The molecule has 4 nitrogen and oxygen atoms in total. The molecule has 1 aromatic heterocycles. The zero-order valence-electron chi connectivity index (χ0n) is 13.1. The third-order valence-corrected chi connectivity index (χ3v) is 4.18. The van der Waals surface area contributed by atoms with Gasteiger partial charge in [0.25, 0.3) is 5.91 Å². The maximum Gasteiger partial charge on any atom is 0.331 e. The van der Waals surface area contributed by atoms with Gasteiger partial charge in [-0.3, -0.25) is 4.79 Å². The van der Waals surface area contributed by atoms with E-state index in [2.05, 4.69) is 5.32 Å². The van der Waals surface area contributed by atoms with Crippen LogP contribution in [0.15, 0.2) is 48.5 Å². The van der Waals surface area contributed by atoms with Crippen LogP contribution in [0.25, 0.3) is 16.5 Å². The number of nitrogens with one attached hydrogen (secondary N) is 1. The highest BCUT2D eigenvalue weighted by atomic mass is 32.1. The van der Waals surface area contributed by atoms with Gasteiger partial charge in [-0.15, -0.1) is 11.3 Å². The highest BCUT2D eigenvalue weighted by Gasteiger charge is 2.15. The number of ether oxygens (including phenoxy) is 1. The van der Waals surface area contributed by atoms with Crippen LogP contribution in [0.3, 0.4) is 0 Å². The van der Waals surface area contributed by atoms with Crippen molar-refractivity contribution >= 4 is 29.3 Å². The number of hydrogen-bond acceptors (Lipinski definition) is 4. The van der Waals surface area contributed by atoms with Gasteiger partial charge < -0.3 is 10.1 Å². The Kier molecular flexibility index (Phi) is 6.11. The third-order valence-electron chi connectivity index (χ3n) is 3.08. The molecule has 1 aromatic carbocycles. The zero-order chi connectivity index (χ0) is 16.7. The lowest BCUT2D eigenvalue weighted by Crippen LogP contribution is -2.35. The van der Waals surface area contributed by atoms with Crippen LogP contribution in [0.5, 0.6) is 0 Å². The molecule has 23 heavy (non-hydrogen) atoms. The lowest BCUT2D eigenvalue weighted by Gasteiger charge is -2.10. The average Bonchev–Trinajstić information content (AvgIpc) is 3.03. The first-order chi connectivity index (χ1) is 11.1. The quantitative estimate of drug-likeness (QED) is 0.652. The predicted molar refractivity (Wildman–Crippen MR) is 93.0 cm³/mol. The number of likely N-dealkylation sites (N-methyl/N-ethyl adjacent to an activating group) is 1. The summed E-state index contributed by atoms with van der Waals surface area (Å²) < 4.78 is 5.04. The van der Waals surface area contributed by atoms with Crippen LogP contribution in [0.1, 0.15) is 18.7 Å². The minimum atomic E-state index is -0.796. The molecule has 120 valence electrons. The molecule has 2 rings (SSSR count). The topological polar surface area (TPSA) is 55.4 Å². The molecule has 0 fully saturated rings. The molecular weight excluding hydrogens is 310 g/mol. The van der Waals surface area contributed by atoms with Crippen molar-refractivity contribution in [2.45, 2.75) is 20.0 Å². The summed E-state index contributed by atoms with van der Waals surface area (Å²) in [5.74, 6) is -0.824. The Bertz CT molecular complexity index is 691. The Morgan fingerprint density at radius 1 is 1.22 bits per heavy atom. The number of rotatable bonds is 6. The van der Waals surface area contributed by atoms with E-state index in [1.54, 1.807) is 24.3 Å². The van der Waals surface area contributed by atoms with E-state index in [-0.39, 0.29) is 5.91 Å². The Balaban J connectivity index is 1.94. The number of carbonyl (C=O) groups excluding carboxylic acids is 2. The number of thiophene rings is 1. The number of esters is 1. The fourth-order valence-electron chi connectivity index (χ4n) is 1.94. The van der Waals surface area contributed by atoms with E-state index >= 15 is 0 Å². The van der Waals surface area contributed by atoms with Crippen molar-refractivity contribution < 1.29 is 14.3 Å². The summed E-state index contributed by atoms with van der Waals surface area (Å²) in [6.45, 7) is 3.87. The van der Waals surface area contributed by atoms with E-state index in [1.807, 2.05) is 49.4 Å². The fraction of sp³-hybridized carbons (Fsp3) is 0.222. The molecule has 0 aliphatic heterocycles. The van der Waals surface area contributed by atoms with Gasteiger partial charge in [0.2, 0.25) is 0 Å². The average molecular weight is 329 g/mol. The molecule has 0 bridgehead atoms. The van der Waals surface area contributed by atoms with Crippen LogP contribution in [-0.4, -0.2) is 24.5 Å². The van der Waals surface area contributed by atoms with Gasteiger partial charge in [0.05, 0.1) is 0 Å². The van der Waals surface area contributed by atoms with Crippen LogP contribution in [0.4, 0.5) is 0 Å². The lowest BCUT2D eigenvalue weighted by atomic mass is 10.2. The molecule has 0 saturated heterocycles. The van der Waals surface area contributed by atoms with Crippen LogP contribution < -0.4 is 5.32 Å². The van der Waals surface area contributed by atoms with Crippen molar-refractivity contribution in [3.63, 3.8) is 0 Å². The standard InChI is InChI=1S/C18H19NO3S/c1-3-19-18(21)13(2)22-17(20)12-10-15-9-11-16(23-15)14-7-5-4-6-8-14/h4-13H,3H2,1-2H3,(H,19,21)/b12-10+. The van der Waals surface area contributed by atoms with E-state index in [9.17, 15) is 9.59 Å². The van der Waals surface area contributed by atoms with Crippen molar-refractivity contribution in [1.29, 1.82) is 0 Å².